The van der Waals surface area contributed by atoms with Crippen LogP contribution in [-0.4, -0.2) is 30.6 Å². The van der Waals surface area contributed by atoms with E-state index in [0.717, 1.165) is 6.54 Å². The van der Waals surface area contributed by atoms with Crippen molar-refractivity contribution in [1.29, 1.82) is 0 Å². The van der Waals surface area contributed by atoms with Gasteiger partial charge >= 0.3 is 0 Å². The Labute approximate surface area is 87.8 Å². The summed E-state index contributed by atoms with van der Waals surface area (Å²) in [5.41, 5.74) is 6.60. The van der Waals surface area contributed by atoms with Crippen molar-refractivity contribution in [3.63, 3.8) is 0 Å². The van der Waals surface area contributed by atoms with Crippen LogP contribution >= 0.6 is 0 Å². The molecule has 1 saturated carbocycles. The van der Waals surface area contributed by atoms with Crippen molar-refractivity contribution < 1.29 is 0 Å². The lowest BCUT2D eigenvalue weighted by atomic mass is 9.83. The van der Waals surface area contributed by atoms with E-state index in [9.17, 15) is 0 Å². The predicted octanol–water partition coefficient (Wildman–Crippen LogP) is 1.99. The molecule has 1 aliphatic heterocycles. The fourth-order valence-corrected chi connectivity index (χ4v) is 3.23. The summed E-state index contributed by atoms with van der Waals surface area (Å²) >= 11 is 0. The lowest BCUT2D eigenvalue weighted by molar-refractivity contribution is 0.169. The molecule has 2 aliphatic rings. The summed E-state index contributed by atoms with van der Waals surface area (Å²) in [7, 11) is 0. The fourth-order valence-electron chi connectivity index (χ4n) is 3.23. The first kappa shape index (κ1) is 10.4. The van der Waals surface area contributed by atoms with E-state index in [1.165, 1.54) is 51.6 Å². The number of hydrogen-bond donors (Lipinski definition) is 1. The summed E-state index contributed by atoms with van der Waals surface area (Å²) in [6.45, 7) is 6.06. The molecule has 0 bridgehead atoms. The Bertz CT molecular complexity index is 185. The van der Waals surface area contributed by atoms with Crippen LogP contribution in [0.25, 0.3) is 0 Å². The zero-order chi connectivity index (χ0) is 10.0. The van der Waals surface area contributed by atoms with E-state index >= 15 is 0 Å². The molecular formula is C12H24N2. The van der Waals surface area contributed by atoms with Gasteiger partial charge in [-0.2, -0.15) is 0 Å². The summed E-state index contributed by atoms with van der Waals surface area (Å²) in [4.78, 5) is 2.60. The third-order valence-corrected chi connectivity index (χ3v) is 4.28. The normalized spacial score (nSPS) is 32.6. The van der Waals surface area contributed by atoms with Crippen LogP contribution in [-0.2, 0) is 0 Å². The zero-order valence-corrected chi connectivity index (χ0v) is 9.47. The fraction of sp³-hybridized carbons (Fsp3) is 1.00. The number of hydrogen-bond acceptors (Lipinski definition) is 2. The molecular weight excluding hydrogens is 172 g/mol. The second-order valence-corrected chi connectivity index (χ2v) is 5.34. The van der Waals surface area contributed by atoms with Gasteiger partial charge in [0, 0.05) is 19.1 Å². The van der Waals surface area contributed by atoms with Crippen molar-refractivity contribution in [3.8, 4) is 0 Å². The molecule has 1 unspecified atom stereocenters. The second-order valence-electron chi connectivity index (χ2n) is 5.34. The average molecular weight is 196 g/mol. The second kappa shape index (κ2) is 4.19. The first-order chi connectivity index (χ1) is 6.74. The van der Waals surface area contributed by atoms with Gasteiger partial charge in [-0.05, 0) is 37.6 Å². The van der Waals surface area contributed by atoms with Crippen molar-refractivity contribution in [1.82, 2.24) is 4.90 Å². The largest absolute Gasteiger partial charge is 0.326 e. The molecule has 1 heterocycles. The Kier molecular flexibility index (Phi) is 3.13. The van der Waals surface area contributed by atoms with E-state index in [4.69, 9.17) is 5.73 Å². The predicted molar refractivity (Wildman–Crippen MR) is 60.2 cm³/mol. The van der Waals surface area contributed by atoms with Crippen molar-refractivity contribution >= 4 is 0 Å². The SMILES string of the molecule is CCC1(CN2CCC(N)C2)CCCC1. The van der Waals surface area contributed by atoms with E-state index in [0.29, 0.717) is 11.5 Å². The Morgan fingerprint density at radius 3 is 2.57 bits per heavy atom. The van der Waals surface area contributed by atoms with Crippen molar-refractivity contribution in [3.05, 3.63) is 0 Å². The Balaban J connectivity index is 1.88. The minimum Gasteiger partial charge on any atom is -0.326 e. The van der Waals surface area contributed by atoms with Gasteiger partial charge in [0.25, 0.3) is 0 Å². The van der Waals surface area contributed by atoms with Crippen LogP contribution in [0, 0.1) is 5.41 Å². The number of rotatable bonds is 3. The minimum absolute atomic E-state index is 0.449. The smallest absolute Gasteiger partial charge is 0.0180 e. The highest BCUT2D eigenvalue weighted by molar-refractivity contribution is 4.89. The van der Waals surface area contributed by atoms with Gasteiger partial charge < -0.3 is 10.6 Å². The van der Waals surface area contributed by atoms with Gasteiger partial charge in [-0.1, -0.05) is 19.8 Å². The Hall–Kier alpha value is -0.0800. The summed E-state index contributed by atoms with van der Waals surface area (Å²) in [5, 5.41) is 0. The average Bonchev–Trinajstić information content (AvgIpc) is 2.77. The molecule has 0 spiro atoms. The van der Waals surface area contributed by atoms with Crippen molar-refractivity contribution in [2.45, 2.75) is 51.5 Å². The molecule has 2 nitrogen and oxygen atoms in total. The van der Waals surface area contributed by atoms with E-state index in [1.54, 1.807) is 0 Å². The van der Waals surface area contributed by atoms with Crippen LogP contribution in [0.15, 0.2) is 0 Å². The summed E-state index contributed by atoms with van der Waals surface area (Å²) in [6, 6.07) is 0.449. The van der Waals surface area contributed by atoms with Gasteiger partial charge in [-0.3, -0.25) is 0 Å². The molecule has 2 heteroatoms. The lowest BCUT2D eigenvalue weighted by Gasteiger charge is -2.32. The highest BCUT2D eigenvalue weighted by Crippen LogP contribution is 2.41. The highest BCUT2D eigenvalue weighted by Gasteiger charge is 2.35. The number of nitrogens with zero attached hydrogens (tertiary/aromatic N) is 1. The van der Waals surface area contributed by atoms with Crippen LogP contribution in [0.1, 0.15) is 45.4 Å². The molecule has 0 aromatic carbocycles. The molecule has 1 atom stereocenters. The molecule has 1 saturated heterocycles. The molecule has 0 aromatic heterocycles. The van der Waals surface area contributed by atoms with E-state index < -0.39 is 0 Å². The van der Waals surface area contributed by atoms with E-state index in [1.807, 2.05) is 0 Å². The lowest BCUT2D eigenvalue weighted by Crippen LogP contribution is -2.36. The van der Waals surface area contributed by atoms with Crippen molar-refractivity contribution in [2.24, 2.45) is 11.1 Å². The van der Waals surface area contributed by atoms with Crippen molar-refractivity contribution in [2.75, 3.05) is 19.6 Å². The first-order valence-corrected chi connectivity index (χ1v) is 6.22. The monoisotopic (exact) mass is 196 g/mol. The van der Waals surface area contributed by atoms with Gasteiger partial charge in [0.15, 0.2) is 0 Å². The topological polar surface area (TPSA) is 29.3 Å². The maximum atomic E-state index is 5.94. The minimum atomic E-state index is 0.449. The van der Waals surface area contributed by atoms with Crippen LogP contribution in [0.2, 0.25) is 0 Å². The molecule has 2 N–H and O–H groups in total. The maximum Gasteiger partial charge on any atom is 0.0180 e. The van der Waals surface area contributed by atoms with E-state index in [2.05, 4.69) is 11.8 Å². The summed E-state index contributed by atoms with van der Waals surface area (Å²) in [6.07, 6.45) is 8.38. The first-order valence-electron chi connectivity index (χ1n) is 6.22. The Morgan fingerprint density at radius 2 is 2.07 bits per heavy atom. The van der Waals surface area contributed by atoms with Gasteiger partial charge in [-0.15, -0.1) is 0 Å². The van der Waals surface area contributed by atoms with Crippen LogP contribution in [0.5, 0.6) is 0 Å². The molecule has 0 radical (unpaired) electrons. The van der Waals surface area contributed by atoms with Gasteiger partial charge in [-0.25, -0.2) is 0 Å². The molecule has 0 amide bonds. The van der Waals surface area contributed by atoms with Crippen LogP contribution in [0.4, 0.5) is 0 Å². The molecule has 82 valence electrons. The number of likely N-dealkylation sites (tertiary alicyclic amines) is 1. The highest BCUT2D eigenvalue weighted by atomic mass is 15.2. The third kappa shape index (κ3) is 2.12. The maximum absolute atomic E-state index is 5.94. The molecule has 2 rings (SSSR count). The van der Waals surface area contributed by atoms with Crippen LogP contribution in [0.3, 0.4) is 0 Å². The van der Waals surface area contributed by atoms with Gasteiger partial charge in [0.05, 0.1) is 0 Å². The standard InChI is InChI=1S/C12H24N2/c1-2-12(6-3-4-7-12)10-14-8-5-11(13)9-14/h11H,2-10,13H2,1H3. The molecule has 14 heavy (non-hydrogen) atoms. The zero-order valence-electron chi connectivity index (χ0n) is 9.47. The third-order valence-electron chi connectivity index (χ3n) is 4.28. The quantitative estimate of drug-likeness (QED) is 0.748. The summed E-state index contributed by atoms with van der Waals surface area (Å²) in [5.74, 6) is 0. The van der Waals surface area contributed by atoms with Crippen LogP contribution < -0.4 is 5.73 Å². The summed E-state index contributed by atoms with van der Waals surface area (Å²) < 4.78 is 0. The number of nitrogens with two attached hydrogens (primary N) is 1. The Morgan fingerprint density at radius 1 is 1.36 bits per heavy atom. The molecule has 2 fully saturated rings. The molecule has 1 aliphatic carbocycles. The van der Waals surface area contributed by atoms with Gasteiger partial charge in [0.2, 0.25) is 0 Å². The van der Waals surface area contributed by atoms with Gasteiger partial charge in [0.1, 0.15) is 0 Å². The molecule has 0 aromatic rings. The van der Waals surface area contributed by atoms with E-state index in [-0.39, 0.29) is 0 Å².